The van der Waals surface area contributed by atoms with Crippen LogP contribution in [0.1, 0.15) is 15.9 Å². The average molecular weight is 404 g/mol. The summed E-state index contributed by atoms with van der Waals surface area (Å²) in [6, 6.07) is 9.18. The van der Waals surface area contributed by atoms with Crippen molar-refractivity contribution in [3.05, 3.63) is 62.3 Å². The molecule has 0 aliphatic carbocycles. The van der Waals surface area contributed by atoms with Gasteiger partial charge in [0.15, 0.2) is 0 Å². The summed E-state index contributed by atoms with van der Waals surface area (Å²) < 4.78 is 20.0. The van der Waals surface area contributed by atoms with Gasteiger partial charge in [0.05, 0.1) is 14.5 Å². The number of hydrogen-bond acceptors (Lipinski definition) is 2. The molecule has 0 aliphatic rings. The molecule has 0 aliphatic heterocycles. The molecule has 0 unspecified atom stereocenters. The maximum absolute atomic E-state index is 13.5. The first-order valence-electron chi connectivity index (χ1n) is 5.57. The zero-order valence-electron chi connectivity index (χ0n) is 10.1. The molecule has 1 N–H and O–H groups in total. The number of carbonyl (C=O) groups is 1. The second-order valence-electron chi connectivity index (χ2n) is 3.95. The lowest BCUT2D eigenvalue weighted by Gasteiger charge is -2.11. The van der Waals surface area contributed by atoms with E-state index in [0.29, 0.717) is 20.3 Å². The smallest absolute Gasteiger partial charge is 0.335 e. The highest BCUT2D eigenvalue weighted by Gasteiger charge is 2.13. The van der Waals surface area contributed by atoms with Gasteiger partial charge in [-0.2, -0.15) is 0 Å². The van der Waals surface area contributed by atoms with Gasteiger partial charge in [0.1, 0.15) is 18.2 Å². The van der Waals surface area contributed by atoms with Crippen molar-refractivity contribution in [2.75, 3.05) is 0 Å². The Balaban J connectivity index is 2.22. The minimum atomic E-state index is -1.04. The van der Waals surface area contributed by atoms with Crippen LogP contribution < -0.4 is 4.74 Å². The molecule has 0 amide bonds. The molecule has 0 saturated heterocycles. The molecular weight excluding hydrogens is 395 g/mol. The summed E-state index contributed by atoms with van der Waals surface area (Å²) in [5, 5.41) is 8.94. The number of carboxylic acid groups (broad SMARTS) is 1. The van der Waals surface area contributed by atoms with Crippen LogP contribution in [-0.2, 0) is 6.61 Å². The summed E-state index contributed by atoms with van der Waals surface area (Å²) in [7, 11) is 0. The van der Waals surface area contributed by atoms with Crippen LogP contribution in [0.25, 0.3) is 0 Å². The topological polar surface area (TPSA) is 46.5 Å². The van der Waals surface area contributed by atoms with Crippen LogP contribution in [0.4, 0.5) is 4.39 Å². The van der Waals surface area contributed by atoms with E-state index in [9.17, 15) is 9.18 Å². The molecule has 0 spiro atoms. The third kappa shape index (κ3) is 3.37. The number of aromatic carboxylic acids is 1. The lowest BCUT2D eigenvalue weighted by molar-refractivity contribution is 0.0696. The van der Waals surface area contributed by atoms with Crippen molar-refractivity contribution in [3.8, 4) is 5.75 Å². The van der Waals surface area contributed by atoms with E-state index in [1.54, 1.807) is 18.2 Å². The molecule has 0 atom stereocenters. The first kappa shape index (κ1) is 15.0. The summed E-state index contributed by atoms with van der Waals surface area (Å²) in [6.45, 7) is 0.0519. The summed E-state index contributed by atoms with van der Waals surface area (Å²) in [5.74, 6) is -0.952. The Kier molecular flexibility index (Phi) is 4.77. The quantitative estimate of drug-likeness (QED) is 0.809. The molecule has 0 aromatic heterocycles. The normalized spacial score (nSPS) is 10.3. The van der Waals surface area contributed by atoms with Crippen LogP contribution in [0, 0.1) is 5.82 Å². The number of hydrogen-bond donors (Lipinski definition) is 1. The molecule has 0 fully saturated rings. The Bertz CT molecular complexity index is 636. The van der Waals surface area contributed by atoms with E-state index in [2.05, 4.69) is 31.9 Å². The van der Waals surface area contributed by atoms with Crippen molar-refractivity contribution in [2.45, 2.75) is 6.61 Å². The van der Waals surface area contributed by atoms with Crippen molar-refractivity contribution in [3.63, 3.8) is 0 Å². The van der Waals surface area contributed by atoms with Crippen LogP contribution in [0.5, 0.6) is 5.75 Å². The van der Waals surface area contributed by atoms with E-state index in [-0.39, 0.29) is 18.0 Å². The average Bonchev–Trinajstić information content (AvgIpc) is 2.39. The number of ether oxygens (including phenoxy) is 1. The van der Waals surface area contributed by atoms with Gasteiger partial charge >= 0.3 is 5.97 Å². The van der Waals surface area contributed by atoms with Gasteiger partial charge in [0.25, 0.3) is 0 Å². The molecule has 2 aromatic carbocycles. The van der Waals surface area contributed by atoms with Gasteiger partial charge < -0.3 is 9.84 Å². The SMILES string of the molecule is O=C(O)c1cc(Br)c(OCc2ccccc2F)c(Br)c1. The molecule has 6 heteroatoms. The minimum Gasteiger partial charge on any atom is -0.486 e. The third-order valence-corrected chi connectivity index (χ3v) is 3.75. The fourth-order valence-corrected chi connectivity index (χ4v) is 3.00. The Labute approximate surface area is 131 Å². The summed E-state index contributed by atoms with van der Waals surface area (Å²) >= 11 is 6.49. The van der Waals surface area contributed by atoms with Gasteiger partial charge in [-0.25, -0.2) is 9.18 Å². The number of halogens is 3. The van der Waals surface area contributed by atoms with Crippen molar-refractivity contribution in [2.24, 2.45) is 0 Å². The van der Waals surface area contributed by atoms with Gasteiger partial charge in [-0.15, -0.1) is 0 Å². The van der Waals surface area contributed by atoms with E-state index in [1.807, 2.05) is 0 Å². The third-order valence-electron chi connectivity index (χ3n) is 2.58. The van der Waals surface area contributed by atoms with Gasteiger partial charge in [0, 0.05) is 5.56 Å². The number of rotatable bonds is 4. The lowest BCUT2D eigenvalue weighted by Crippen LogP contribution is -2.01. The van der Waals surface area contributed by atoms with Crippen LogP contribution >= 0.6 is 31.9 Å². The highest BCUT2D eigenvalue weighted by atomic mass is 79.9. The second-order valence-corrected chi connectivity index (χ2v) is 5.66. The zero-order chi connectivity index (χ0) is 14.7. The molecule has 2 rings (SSSR count). The molecule has 0 heterocycles. The van der Waals surface area contributed by atoms with E-state index in [1.165, 1.54) is 18.2 Å². The largest absolute Gasteiger partial charge is 0.486 e. The first-order chi connectivity index (χ1) is 9.49. The Morgan fingerprint density at radius 2 is 1.80 bits per heavy atom. The van der Waals surface area contributed by atoms with Crippen molar-refractivity contribution in [1.82, 2.24) is 0 Å². The minimum absolute atomic E-state index is 0.0519. The molecule has 0 radical (unpaired) electrons. The second kappa shape index (κ2) is 6.37. The summed E-state index contributed by atoms with van der Waals surface area (Å²) in [5.41, 5.74) is 0.551. The van der Waals surface area contributed by atoms with Crippen LogP contribution in [0.3, 0.4) is 0 Å². The van der Waals surface area contributed by atoms with E-state index in [0.717, 1.165) is 0 Å². The first-order valence-corrected chi connectivity index (χ1v) is 7.16. The van der Waals surface area contributed by atoms with Gasteiger partial charge in [-0.1, -0.05) is 18.2 Å². The maximum atomic E-state index is 13.5. The molecule has 0 bridgehead atoms. The maximum Gasteiger partial charge on any atom is 0.335 e. The Morgan fingerprint density at radius 1 is 1.20 bits per heavy atom. The predicted molar refractivity (Wildman–Crippen MR) is 79.5 cm³/mol. The van der Waals surface area contributed by atoms with Crippen LogP contribution in [0.15, 0.2) is 45.3 Å². The molecule has 2 aromatic rings. The molecule has 104 valence electrons. The fourth-order valence-electron chi connectivity index (χ4n) is 1.59. The summed E-state index contributed by atoms with van der Waals surface area (Å²) in [6.07, 6.45) is 0. The van der Waals surface area contributed by atoms with Crippen LogP contribution in [0.2, 0.25) is 0 Å². The highest BCUT2D eigenvalue weighted by molar-refractivity contribution is 9.11. The van der Waals surface area contributed by atoms with Gasteiger partial charge in [-0.05, 0) is 50.1 Å². The monoisotopic (exact) mass is 402 g/mol. The standard InChI is InChI=1S/C14H9Br2FO3/c15-10-5-9(14(18)19)6-11(16)13(10)20-7-8-3-1-2-4-12(8)17/h1-6H,7H2,(H,18,19). The van der Waals surface area contributed by atoms with Crippen molar-refractivity contribution < 1.29 is 19.0 Å². The predicted octanol–water partition coefficient (Wildman–Crippen LogP) is 4.63. The Morgan fingerprint density at radius 3 is 2.35 bits per heavy atom. The van der Waals surface area contributed by atoms with Crippen molar-refractivity contribution >= 4 is 37.8 Å². The van der Waals surface area contributed by atoms with Gasteiger partial charge in [0.2, 0.25) is 0 Å². The molecule has 0 saturated carbocycles. The fraction of sp³-hybridized carbons (Fsp3) is 0.0714. The van der Waals surface area contributed by atoms with E-state index < -0.39 is 5.97 Å². The zero-order valence-corrected chi connectivity index (χ0v) is 13.2. The lowest BCUT2D eigenvalue weighted by atomic mass is 10.2. The highest BCUT2D eigenvalue weighted by Crippen LogP contribution is 2.35. The van der Waals surface area contributed by atoms with E-state index >= 15 is 0 Å². The van der Waals surface area contributed by atoms with Crippen molar-refractivity contribution in [1.29, 1.82) is 0 Å². The molecular formula is C14H9Br2FO3. The number of benzene rings is 2. The molecule has 3 nitrogen and oxygen atoms in total. The number of carboxylic acids is 1. The molecule has 20 heavy (non-hydrogen) atoms. The Hall–Kier alpha value is -1.40. The van der Waals surface area contributed by atoms with E-state index in [4.69, 9.17) is 9.84 Å². The van der Waals surface area contributed by atoms with Crippen LogP contribution in [-0.4, -0.2) is 11.1 Å². The summed E-state index contributed by atoms with van der Waals surface area (Å²) in [4.78, 5) is 10.9. The van der Waals surface area contributed by atoms with Gasteiger partial charge in [-0.3, -0.25) is 0 Å².